The second kappa shape index (κ2) is 9.64. The van der Waals surface area contributed by atoms with Crippen LogP contribution in [0.2, 0.25) is 5.02 Å². The zero-order chi connectivity index (χ0) is 19.9. The summed E-state index contributed by atoms with van der Waals surface area (Å²) < 4.78 is 0. The molecule has 1 aromatic carbocycles. The van der Waals surface area contributed by atoms with Crippen LogP contribution >= 0.6 is 11.6 Å². The Morgan fingerprint density at radius 1 is 1.29 bits per heavy atom. The topological polar surface area (TPSA) is 55.8 Å². The standard InChI is InChI=1S/C21H29ClN6/c1-23-21(25-13-10-16-6-8-18(9-7-16)27(2)3)26-17-11-14-28(15-17)20-19(22)5-4-12-24-20/h4-9,12,17H,10-11,13-15H2,1-3H3,(H2,23,25,26). The highest BCUT2D eigenvalue weighted by atomic mass is 35.5. The van der Waals surface area contributed by atoms with E-state index in [4.69, 9.17) is 11.6 Å². The number of hydrogen-bond acceptors (Lipinski definition) is 4. The SMILES string of the molecule is CN=C(NCCc1ccc(N(C)C)cc1)NC1CCN(c2ncccc2Cl)C1. The van der Waals surface area contributed by atoms with E-state index in [1.165, 1.54) is 11.3 Å². The fraction of sp³-hybridized carbons (Fsp3) is 0.429. The zero-order valence-electron chi connectivity index (χ0n) is 16.8. The normalized spacial score (nSPS) is 16.9. The zero-order valence-corrected chi connectivity index (χ0v) is 17.6. The van der Waals surface area contributed by atoms with Gasteiger partial charge in [0, 0.05) is 58.7 Å². The van der Waals surface area contributed by atoms with Gasteiger partial charge in [-0.3, -0.25) is 4.99 Å². The number of aliphatic imine (C=N–C) groups is 1. The van der Waals surface area contributed by atoms with Crippen molar-refractivity contribution in [3.05, 3.63) is 53.2 Å². The van der Waals surface area contributed by atoms with Gasteiger partial charge in [-0.1, -0.05) is 23.7 Å². The van der Waals surface area contributed by atoms with Gasteiger partial charge in [-0.25, -0.2) is 4.98 Å². The molecule has 0 radical (unpaired) electrons. The average molecular weight is 401 g/mol. The summed E-state index contributed by atoms with van der Waals surface area (Å²) in [4.78, 5) is 13.1. The molecule has 1 unspecified atom stereocenters. The summed E-state index contributed by atoms with van der Waals surface area (Å²) >= 11 is 6.28. The van der Waals surface area contributed by atoms with E-state index in [0.717, 1.165) is 44.3 Å². The van der Waals surface area contributed by atoms with Gasteiger partial charge in [0.15, 0.2) is 5.96 Å². The molecule has 7 heteroatoms. The molecule has 2 aromatic rings. The number of anilines is 2. The first-order valence-corrected chi connectivity index (χ1v) is 10.0. The lowest BCUT2D eigenvalue weighted by Crippen LogP contribution is -2.45. The van der Waals surface area contributed by atoms with E-state index in [1.54, 1.807) is 6.20 Å². The number of rotatable bonds is 6. The number of nitrogens with one attached hydrogen (secondary N) is 2. The van der Waals surface area contributed by atoms with E-state index in [2.05, 4.69) is 68.8 Å². The Morgan fingerprint density at radius 3 is 2.75 bits per heavy atom. The third kappa shape index (κ3) is 5.29. The molecule has 0 spiro atoms. The highest BCUT2D eigenvalue weighted by Crippen LogP contribution is 2.25. The van der Waals surface area contributed by atoms with Gasteiger partial charge in [-0.05, 0) is 42.7 Å². The van der Waals surface area contributed by atoms with Crippen LogP contribution < -0.4 is 20.4 Å². The molecule has 0 bridgehead atoms. The number of halogens is 1. The number of benzene rings is 1. The number of guanidine groups is 1. The number of hydrogen-bond donors (Lipinski definition) is 2. The second-order valence-electron chi connectivity index (χ2n) is 7.19. The molecule has 1 saturated heterocycles. The predicted octanol–water partition coefficient (Wildman–Crippen LogP) is 2.79. The maximum Gasteiger partial charge on any atom is 0.191 e. The van der Waals surface area contributed by atoms with Gasteiger partial charge in [0.25, 0.3) is 0 Å². The number of aromatic nitrogens is 1. The lowest BCUT2D eigenvalue weighted by atomic mass is 10.1. The minimum absolute atomic E-state index is 0.323. The third-order valence-electron chi connectivity index (χ3n) is 4.95. The van der Waals surface area contributed by atoms with Crippen LogP contribution in [0.1, 0.15) is 12.0 Å². The van der Waals surface area contributed by atoms with Crippen LogP contribution in [0.3, 0.4) is 0 Å². The Bertz CT molecular complexity index is 790. The van der Waals surface area contributed by atoms with Crippen molar-refractivity contribution < 1.29 is 0 Å². The van der Waals surface area contributed by atoms with E-state index in [-0.39, 0.29) is 0 Å². The molecule has 6 nitrogen and oxygen atoms in total. The Kier molecular flexibility index (Phi) is 6.98. The number of nitrogens with zero attached hydrogens (tertiary/aromatic N) is 4. The quantitative estimate of drug-likeness (QED) is 0.576. The molecule has 150 valence electrons. The molecule has 28 heavy (non-hydrogen) atoms. The van der Waals surface area contributed by atoms with Gasteiger partial charge in [0.1, 0.15) is 5.82 Å². The maximum atomic E-state index is 6.28. The van der Waals surface area contributed by atoms with Crippen molar-refractivity contribution in [1.82, 2.24) is 15.6 Å². The second-order valence-corrected chi connectivity index (χ2v) is 7.60. The number of pyridine rings is 1. The largest absolute Gasteiger partial charge is 0.378 e. The summed E-state index contributed by atoms with van der Waals surface area (Å²) in [7, 11) is 5.92. The van der Waals surface area contributed by atoms with Crippen molar-refractivity contribution in [2.24, 2.45) is 4.99 Å². The van der Waals surface area contributed by atoms with Gasteiger partial charge in [0.05, 0.1) is 5.02 Å². The fourth-order valence-electron chi connectivity index (χ4n) is 3.35. The first kappa shape index (κ1) is 20.3. The van der Waals surface area contributed by atoms with Crippen LogP contribution in [-0.4, -0.2) is 57.8 Å². The molecule has 1 aliphatic heterocycles. The van der Waals surface area contributed by atoms with Crippen LogP contribution in [0, 0.1) is 0 Å². The first-order chi connectivity index (χ1) is 13.6. The van der Waals surface area contributed by atoms with Gasteiger partial charge in [0.2, 0.25) is 0 Å². The predicted molar refractivity (Wildman–Crippen MR) is 119 cm³/mol. The Hall–Kier alpha value is -2.47. The van der Waals surface area contributed by atoms with Crippen LogP contribution in [0.4, 0.5) is 11.5 Å². The summed E-state index contributed by atoms with van der Waals surface area (Å²) in [6, 6.07) is 12.7. The molecule has 1 aromatic heterocycles. The Morgan fingerprint density at radius 2 is 2.07 bits per heavy atom. The first-order valence-electron chi connectivity index (χ1n) is 9.65. The molecule has 2 N–H and O–H groups in total. The minimum Gasteiger partial charge on any atom is -0.378 e. The van der Waals surface area contributed by atoms with Crippen LogP contribution in [0.5, 0.6) is 0 Å². The third-order valence-corrected chi connectivity index (χ3v) is 5.25. The van der Waals surface area contributed by atoms with Crippen molar-refractivity contribution in [2.75, 3.05) is 50.6 Å². The Balaban J connectivity index is 1.45. The van der Waals surface area contributed by atoms with Gasteiger partial charge in [-0.2, -0.15) is 0 Å². The molecule has 0 aliphatic carbocycles. The Labute approximate surface area is 172 Å². The van der Waals surface area contributed by atoms with Crippen molar-refractivity contribution in [2.45, 2.75) is 18.9 Å². The minimum atomic E-state index is 0.323. The van der Waals surface area contributed by atoms with Gasteiger partial charge in [-0.15, -0.1) is 0 Å². The van der Waals surface area contributed by atoms with Gasteiger partial charge >= 0.3 is 0 Å². The van der Waals surface area contributed by atoms with Gasteiger partial charge < -0.3 is 20.4 Å². The van der Waals surface area contributed by atoms with E-state index in [0.29, 0.717) is 11.1 Å². The fourth-order valence-corrected chi connectivity index (χ4v) is 3.60. The molecular weight excluding hydrogens is 372 g/mol. The molecule has 0 saturated carbocycles. The lowest BCUT2D eigenvalue weighted by Gasteiger charge is -2.20. The van der Waals surface area contributed by atoms with Crippen LogP contribution in [0.15, 0.2) is 47.6 Å². The van der Waals surface area contributed by atoms with Crippen LogP contribution in [-0.2, 0) is 6.42 Å². The van der Waals surface area contributed by atoms with Crippen molar-refractivity contribution in [1.29, 1.82) is 0 Å². The van der Waals surface area contributed by atoms with E-state index in [1.807, 2.05) is 19.2 Å². The molecule has 1 fully saturated rings. The van der Waals surface area contributed by atoms with E-state index < -0.39 is 0 Å². The summed E-state index contributed by atoms with van der Waals surface area (Å²) in [5, 5.41) is 7.63. The molecule has 2 heterocycles. The molecular formula is C21H29ClN6. The van der Waals surface area contributed by atoms with Crippen molar-refractivity contribution in [3.8, 4) is 0 Å². The maximum absolute atomic E-state index is 6.28. The molecule has 0 amide bonds. The molecule has 1 atom stereocenters. The lowest BCUT2D eigenvalue weighted by molar-refractivity contribution is 0.648. The molecule has 3 rings (SSSR count). The smallest absolute Gasteiger partial charge is 0.191 e. The summed E-state index contributed by atoms with van der Waals surface area (Å²) in [6.45, 7) is 2.64. The summed E-state index contributed by atoms with van der Waals surface area (Å²) in [5.41, 5.74) is 2.53. The monoisotopic (exact) mass is 400 g/mol. The highest BCUT2D eigenvalue weighted by molar-refractivity contribution is 6.32. The summed E-state index contributed by atoms with van der Waals surface area (Å²) in [6.07, 6.45) is 3.77. The van der Waals surface area contributed by atoms with E-state index in [9.17, 15) is 0 Å². The highest BCUT2D eigenvalue weighted by Gasteiger charge is 2.25. The van der Waals surface area contributed by atoms with Crippen LogP contribution in [0.25, 0.3) is 0 Å². The van der Waals surface area contributed by atoms with E-state index >= 15 is 0 Å². The average Bonchev–Trinajstić information content (AvgIpc) is 3.16. The summed E-state index contributed by atoms with van der Waals surface area (Å²) in [5.74, 6) is 1.70. The van der Waals surface area contributed by atoms with Crippen molar-refractivity contribution in [3.63, 3.8) is 0 Å². The molecule has 1 aliphatic rings. The van der Waals surface area contributed by atoms with Crippen molar-refractivity contribution >= 4 is 29.1 Å².